The van der Waals surface area contributed by atoms with Gasteiger partial charge >= 0.3 is 17.9 Å². The predicted octanol–water partition coefficient (Wildman–Crippen LogP) is 7.04. The van der Waals surface area contributed by atoms with Gasteiger partial charge in [0.05, 0.1) is 12.7 Å². The minimum absolute atomic E-state index is 0.294. The molecule has 3 aromatic carbocycles. The quantitative estimate of drug-likeness (QED) is 0.150. The van der Waals surface area contributed by atoms with Gasteiger partial charge < -0.3 is 24.1 Å². The van der Waals surface area contributed by atoms with E-state index in [4.69, 9.17) is 18.9 Å². The Hall–Kier alpha value is -4.69. The summed E-state index contributed by atoms with van der Waals surface area (Å²) in [6.45, 7) is 10.8. The van der Waals surface area contributed by atoms with Crippen molar-refractivity contribution in [2.45, 2.75) is 65.0 Å². The zero-order valence-electron chi connectivity index (χ0n) is 26.2. The number of hydrogen-bond acceptors (Lipinski definition) is 8. The number of carbonyl (C=O) groups is 3. The van der Waals surface area contributed by atoms with Crippen LogP contribution >= 0.6 is 0 Å². The number of aliphatic hydroxyl groups is 1. The highest BCUT2D eigenvalue weighted by atomic mass is 16.6. The van der Waals surface area contributed by atoms with Gasteiger partial charge in [0.1, 0.15) is 23.1 Å². The Morgan fingerprint density at radius 3 is 1.50 bits per heavy atom. The normalized spacial score (nSPS) is 13.4. The van der Waals surface area contributed by atoms with Gasteiger partial charge in [0.15, 0.2) is 6.10 Å². The minimum Gasteiger partial charge on any atom is -0.497 e. The highest BCUT2D eigenvalue weighted by Gasteiger charge is 2.27. The number of hydrogen-bond donors (Lipinski definition) is 1. The van der Waals surface area contributed by atoms with Crippen molar-refractivity contribution in [3.63, 3.8) is 0 Å². The first kappa shape index (κ1) is 33.8. The molecule has 0 saturated carbocycles. The van der Waals surface area contributed by atoms with Gasteiger partial charge in [-0.2, -0.15) is 0 Å². The van der Waals surface area contributed by atoms with Crippen LogP contribution in [0.2, 0.25) is 0 Å². The molecule has 3 aromatic rings. The SMILES string of the molecule is COc1ccc(C(=O)OC(c2ccc(/C=C/C(=O)OC(C)(C)C)cc2)C(O)c2ccc(/C=C/C(=O)OC(C)(C)C)cc2)cc1. The van der Waals surface area contributed by atoms with Crippen molar-refractivity contribution in [2.75, 3.05) is 7.11 Å². The van der Waals surface area contributed by atoms with E-state index >= 15 is 0 Å². The molecule has 0 spiro atoms. The Morgan fingerprint density at radius 1 is 0.659 bits per heavy atom. The molecule has 0 heterocycles. The summed E-state index contributed by atoms with van der Waals surface area (Å²) in [6.07, 6.45) is 3.65. The van der Waals surface area contributed by atoms with Crippen molar-refractivity contribution in [1.82, 2.24) is 0 Å². The van der Waals surface area contributed by atoms with E-state index in [0.717, 1.165) is 11.1 Å². The van der Waals surface area contributed by atoms with E-state index in [1.165, 1.54) is 19.3 Å². The Morgan fingerprint density at radius 2 is 1.09 bits per heavy atom. The van der Waals surface area contributed by atoms with E-state index in [9.17, 15) is 19.5 Å². The second-order valence-corrected chi connectivity index (χ2v) is 12.1. The molecule has 8 nitrogen and oxygen atoms in total. The first-order chi connectivity index (χ1) is 20.6. The van der Waals surface area contributed by atoms with Crippen LogP contribution in [0.1, 0.15) is 86.4 Å². The van der Waals surface area contributed by atoms with Crippen LogP contribution in [0.5, 0.6) is 5.75 Å². The number of esters is 3. The molecule has 2 atom stereocenters. The highest BCUT2D eigenvalue weighted by molar-refractivity contribution is 5.90. The molecular weight excluding hydrogens is 560 g/mol. The largest absolute Gasteiger partial charge is 0.497 e. The summed E-state index contributed by atoms with van der Waals surface area (Å²) in [5.74, 6) is -0.958. The third-order valence-corrected chi connectivity index (χ3v) is 6.03. The Bertz CT molecular complexity index is 1470. The zero-order chi connectivity index (χ0) is 32.5. The zero-order valence-corrected chi connectivity index (χ0v) is 26.2. The number of carbonyl (C=O) groups excluding carboxylic acids is 3. The van der Waals surface area contributed by atoms with Crippen LogP contribution in [-0.2, 0) is 23.8 Å². The van der Waals surface area contributed by atoms with Crippen molar-refractivity contribution in [2.24, 2.45) is 0 Å². The molecule has 0 aliphatic carbocycles. The molecule has 3 rings (SSSR count). The average Bonchev–Trinajstić information content (AvgIpc) is 2.96. The van der Waals surface area contributed by atoms with E-state index in [0.29, 0.717) is 22.4 Å². The number of benzene rings is 3. The molecule has 0 bridgehead atoms. The highest BCUT2D eigenvalue weighted by Crippen LogP contribution is 2.34. The average molecular weight is 601 g/mol. The molecule has 2 unspecified atom stereocenters. The summed E-state index contributed by atoms with van der Waals surface area (Å²) in [6, 6.07) is 20.3. The number of aliphatic hydroxyl groups excluding tert-OH is 1. The maximum absolute atomic E-state index is 13.1. The third-order valence-electron chi connectivity index (χ3n) is 6.03. The van der Waals surface area contributed by atoms with Crippen LogP contribution in [-0.4, -0.2) is 41.3 Å². The molecule has 0 fully saturated rings. The molecule has 0 aliphatic rings. The molecule has 1 N–H and O–H groups in total. The van der Waals surface area contributed by atoms with Crippen molar-refractivity contribution < 1.29 is 38.4 Å². The fourth-order valence-corrected chi connectivity index (χ4v) is 4.00. The maximum atomic E-state index is 13.1. The van der Waals surface area contributed by atoms with Gasteiger partial charge in [-0.25, -0.2) is 14.4 Å². The topological polar surface area (TPSA) is 108 Å². The lowest BCUT2D eigenvalue weighted by atomic mass is 9.96. The molecule has 44 heavy (non-hydrogen) atoms. The standard InChI is InChI=1S/C36H40O8/c1-35(2,3)43-30(37)22-12-24-8-14-26(15-9-24)32(39)33(42-34(40)28-18-20-29(41-7)21-19-28)27-16-10-25(11-17-27)13-23-31(38)44-36(4,5)6/h8-23,32-33,39H,1-7H3/b22-12+,23-13+. The number of ether oxygens (including phenoxy) is 4. The van der Waals surface area contributed by atoms with E-state index in [1.54, 1.807) is 126 Å². The number of methoxy groups -OCH3 is 1. The smallest absolute Gasteiger partial charge is 0.338 e. The molecule has 0 aliphatic heterocycles. The van der Waals surface area contributed by atoms with Crippen molar-refractivity contribution in [3.8, 4) is 5.75 Å². The Labute approximate surface area is 258 Å². The van der Waals surface area contributed by atoms with Gasteiger partial charge in [-0.15, -0.1) is 0 Å². The number of rotatable bonds is 10. The molecule has 0 radical (unpaired) electrons. The van der Waals surface area contributed by atoms with E-state index in [1.807, 2.05) is 0 Å². The van der Waals surface area contributed by atoms with E-state index < -0.39 is 41.3 Å². The van der Waals surface area contributed by atoms with E-state index in [2.05, 4.69) is 0 Å². The molecule has 0 amide bonds. The van der Waals surface area contributed by atoms with E-state index in [-0.39, 0.29) is 0 Å². The summed E-state index contributed by atoms with van der Waals surface area (Å²) in [5.41, 5.74) is 1.58. The first-order valence-electron chi connectivity index (χ1n) is 14.2. The van der Waals surface area contributed by atoms with Gasteiger partial charge in [-0.3, -0.25) is 0 Å². The maximum Gasteiger partial charge on any atom is 0.338 e. The van der Waals surface area contributed by atoms with Gasteiger partial charge in [0.2, 0.25) is 0 Å². The fourth-order valence-electron chi connectivity index (χ4n) is 4.00. The Kier molecular flexibility index (Phi) is 11.3. The summed E-state index contributed by atoms with van der Waals surface area (Å²) in [7, 11) is 1.53. The van der Waals surface area contributed by atoms with Crippen LogP contribution in [0.3, 0.4) is 0 Å². The predicted molar refractivity (Wildman–Crippen MR) is 169 cm³/mol. The van der Waals surface area contributed by atoms with Crippen LogP contribution in [0.4, 0.5) is 0 Å². The van der Waals surface area contributed by atoms with Crippen molar-refractivity contribution in [1.29, 1.82) is 0 Å². The summed E-state index contributed by atoms with van der Waals surface area (Å²) in [4.78, 5) is 37.2. The third kappa shape index (κ3) is 10.9. The lowest BCUT2D eigenvalue weighted by molar-refractivity contribution is -0.149. The second-order valence-electron chi connectivity index (χ2n) is 12.1. The molecule has 8 heteroatoms. The molecule has 0 aromatic heterocycles. The van der Waals surface area contributed by atoms with Crippen molar-refractivity contribution >= 4 is 30.1 Å². The van der Waals surface area contributed by atoms with Crippen LogP contribution in [0.25, 0.3) is 12.2 Å². The lowest BCUT2D eigenvalue weighted by Crippen LogP contribution is -2.22. The Balaban J connectivity index is 1.84. The molecule has 232 valence electrons. The summed E-state index contributed by atoms with van der Waals surface area (Å²) in [5, 5.41) is 11.4. The summed E-state index contributed by atoms with van der Waals surface area (Å²) >= 11 is 0. The molecular formula is C36H40O8. The van der Waals surface area contributed by atoms with Crippen LogP contribution in [0.15, 0.2) is 84.9 Å². The fraction of sp³-hybridized carbons (Fsp3) is 0.306. The monoisotopic (exact) mass is 600 g/mol. The van der Waals surface area contributed by atoms with Gasteiger partial charge in [-0.1, -0.05) is 48.5 Å². The second kappa shape index (κ2) is 14.7. The van der Waals surface area contributed by atoms with Crippen LogP contribution < -0.4 is 4.74 Å². The summed E-state index contributed by atoms with van der Waals surface area (Å²) < 4.78 is 21.6. The van der Waals surface area contributed by atoms with Crippen LogP contribution in [0, 0.1) is 0 Å². The molecule has 0 saturated heterocycles. The first-order valence-corrected chi connectivity index (χ1v) is 14.2. The van der Waals surface area contributed by atoms with Gasteiger partial charge in [0, 0.05) is 12.2 Å². The van der Waals surface area contributed by atoms with Gasteiger partial charge in [0.25, 0.3) is 0 Å². The van der Waals surface area contributed by atoms with Gasteiger partial charge in [-0.05, 0) is 100 Å². The minimum atomic E-state index is -1.22. The lowest BCUT2D eigenvalue weighted by Gasteiger charge is -2.24. The van der Waals surface area contributed by atoms with Crippen molar-refractivity contribution in [3.05, 3.63) is 113 Å².